The minimum Gasteiger partial charge on any atom is -0.355 e. The Labute approximate surface area is 117 Å². The number of carbonyl (C=O) groups is 2. The van der Waals surface area contributed by atoms with Crippen LogP contribution in [0.15, 0.2) is 6.07 Å². The Morgan fingerprint density at radius 3 is 2.50 bits per heavy atom. The van der Waals surface area contributed by atoms with Crippen molar-refractivity contribution in [3.8, 4) is 0 Å². The van der Waals surface area contributed by atoms with Gasteiger partial charge in [0.05, 0.1) is 0 Å². The number of amides is 1. The van der Waals surface area contributed by atoms with Crippen molar-refractivity contribution < 1.29 is 9.59 Å². The Morgan fingerprint density at radius 2 is 2.00 bits per heavy atom. The fourth-order valence-electron chi connectivity index (χ4n) is 1.57. The second-order valence-corrected chi connectivity index (χ2v) is 5.35. The number of ketones is 1. The number of thiophene rings is 1. The van der Waals surface area contributed by atoms with Crippen molar-refractivity contribution in [2.75, 3.05) is 13.1 Å². The Bertz CT molecular complexity index is 418. The summed E-state index contributed by atoms with van der Waals surface area (Å²) in [5.74, 6) is -0.0804. The number of carbonyl (C=O) groups excluding carboxylic acids is 2. The predicted octanol–water partition coefficient (Wildman–Crippen LogP) is 1.82. The lowest BCUT2D eigenvalue weighted by Crippen LogP contribution is -2.29. The van der Waals surface area contributed by atoms with Crippen molar-refractivity contribution in [2.45, 2.75) is 26.7 Å². The van der Waals surface area contributed by atoms with Gasteiger partial charge in [0.15, 0.2) is 5.78 Å². The number of aryl methyl sites for hydroxylation is 2. The van der Waals surface area contributed by atoms with Crippen molar-refractivity contribution >= 4 is 35.4 Å². The van der Waals surface area contributed by atoms with Crippen molar-refractivity contribution in [3.05, 3.63) is 21.4 Å². The number of Topliss-reactive ketones (excluding diaryl/α,β-unsaturated/α-hetero) is 1. The lowest BCUT2D eigenvalue weighted by molar-refractivity contribution is -0.121. The van der Waals surface area contributed by atoms with Gasteiger partial charge in [-0.1, -0.05) is 0 Å². The first-order valence-corrected chi connectivity index (χ1v) is 6.43. The molecule has 6 heteroatoms. The van der Waals surface area contributed by atoms with Crippen molar-refractivity contribution in [2.24, 2.45) is 5.73 Å². The van der Waals surface area contributed by atoms with Crippen molar-refractivity contribution in [3.63, 3.8) is 0 Å². The van der Waals surface area contributed by atoms with Gasteiger partial charge in [-0.3, -0.25) is 9.59 Å². The number of hydrogen-bond donors (Lipinski definition) is 2. The molecule has 3 N–H and O–H groups in total. The summed E-state index contributed by atoms with van der Waals surface area (Å²) >= 11 is 1.61. The number of halogens is 1. The van der Waals surface area contributed by atoms with Crippen LogP contribution in [0, 0.1) is 13.8 Å². The topological polar surface area (TPSA) is 72.2 Å². The largest absolute Gasteiger partial charge is 0.355 e. The molecule has 0 aromatic carbocycles. The van der Waals surface area contributed by atoms with Crippen molar-refractivity contribution in [1.29, 1.82) is 0 Å². The van der Waals surface area contributed by atoms with E-state index >= 15 is 0 Å². The second kappa shape index (κ2) is 8.24. The van der Waals surface area contributed by atoms with Gasteiger partial charge in [0.2, 0.25) is 5.91 Å². The molecule has 0 saturated heterocycles. The maximum Gasteiger partial charge on any atom is 0.220 e. The maximum absolute atomic E-state index is 11.9. The fraction of sp³-hybridized carbons (Fsp3) is 0.500. The average molecular weight is 291 g/mol. The first-order chi connectivity index (χ1) is 8.04. The zero-order valence-corrected chi connectivity index (χ0v) is 12.2. The quantitative estimate of drug-likeness (QED) is 0.785. The number of nitrogens with one attached hydrogen (secondary N) is 1. The normalized spacial score (nSPS) is 9.72. The van der Waals surface area contributed by atoms with Gasteiger partial charge in [0, 0.05) is 41.2 Å². The minimum atomic E-state index is -0.117. The SMILES string of the molecule is Cc1cc(C(=O)CCC(=O)NCCN)c(C)s1.Cl. The van der Waals surface area contributed by atoms with E-state index in [1.165, 1.54) is 0 Å². The summed E-state index contributed by atoms with van der Waals surface area (Å²) in [6, 6.07) is 1.89. The van der Waals surface area contributed by atoms with E-state index in [1.54, 1.807) is 11.3 Å². The highest BCUT2D eigenvalue weighted by atomic mass is 35.5. The third kappa shape index (κ3) is 5.16. The lowest BCUT2D eigenvalue weighted by atomic mass is 10.1. The third-order valence-electron chi connectivity index (χ3n) is 2.39. The van der Waals surface area contributed by atoms with E-state index in [0.29, 0.717) is 13.1 Å². The zero-order chi connectivity index (χ0) is 12.8. The van der Waals surface area contributed by atoms with Gasteiger partial charge in [-0.25, -0.2) is 0 Å². The van der Waals surface area contributed by atoms with E-state index in [9.17, 15) is 9.59 Å². The van der Waals surface area contributed by atoms with Crippen LogP contribution >= 0.6 is 23.7 Å². The average Bonchev–Trinajstić information content (AvgIpc) is 2.62. The summed E-state index contributed by atoms with van der Waals surface area (Å²) in [5, 5.41) is 2.65. The fourth-order valence-corrected chi connectivity index (χ4v) is 2.51. The molecule has 0 bridgehead atoms. The minimum absolute atomic E-state index is 0. The molecule has 0 saturated carbocycles. The van der Waals surface area contributed by atoms with Crippen LogP contribution in [0.2, 0.25) is 0 Å². The molecule has 0 aliphatic heterocycles. The zero-order valence-electron chi connectivity index (χ0n) is 10.6. The van der Waals surface area contributed by atoms with Crippen LogP contribution in [0.1, 0.15) is 33.0 Å². The van der Waals surface area contributed by atoms with Gasteiger partial charge < -0.3 is 11.1 Å². The molecule has 102 valence electrons. The van der Waals surface area contributed by atoms with Crippen LogP contribution in [-0.4, -0.2) is 24.8 Å². The maximum atomic E-state index is 11.9. The molecule has 0 aliphatic rings. The highest BCUT2D eigenvalue weighted by Gasteiger charge is 2.13. The molecule has 1 aromatic heterocycles. The van der Waals surface area contributed by atoms with Gasteiger partial charge in [-0.2, -0.15) is 0 Å². The molecule has 0 spiro atoms. The summed E-state index contributed by atoms with van der Waals surface area (Å²) in [5.41, 5.74) is 6.02. The molecule has 4 nitrogen and oxygen atoms in total. The molecule has 0 radical (unpaired) electrons. The molecular formula is C12H19ClN2O2S. The van der Waals surface area contributed by atoms with Gasteiger partial charge in [-0.05, 0) is 19.9 Å². The molecule has 0 fully saturated rings. The summed E-state index contributed by atoms with van der Waals surface area (Å²) in [6.07, 6.45) is 0.487. The monoisotopic (exact) mass is 290 g/mol. The summed E-state index contributed by atoms with van der Waals surface area (Å²) in [6.45, 7) is 4.79. The van der Waals surface area contributed by atoms with Gasteiger partial charge in [0.1, 0.15) is 0 Å². The molecule has 1 amide bonds. The smallest absolute Gasteiger partial charge is 0.220 e. The Hall–Kier alpha value is -0.910. The Morgan fingerprint density at radius 1 is 1.33 bits per heavy atom. The van der Waals surface area contributed by atoms with E-state index in [2.05, 4.69) is 5.32 Å². The molecule has 0 unspecified atom stereocenters. The summed E-state index contributed by atoms with van der Waals surface area (Å²) in [7, 11) is 0. The summed E-state index contributed by atoms with van der Waals surface area (Å²) < 4.78 is 0. The third-order valence-corrected chi connectivity index (χ3v) is 3.35. The molecular weight excluding hydrogens is 272 g/mol. The van der Waals surface area contributed by atoms with E-state index in [1.807, 2.05) is 19.9 Å². The standard InChI is InChI=1S/C12H18N2O2S.ClH/c1-8-7-10(9(2)17-8)11(15)3-4-12(16)14-6-5-13;/h7H,3-6,13H2,1-2H3,(H,14,16);1H. The van der Waals surface area contributed by atoms with E-state index in [-0.39, 0.29) is 36.9 Å². The Balaban J connectivity index is 0.00000289. The molecule has 1 rings (SSSR count). The number of rotatable bonds is 6. The molecule has 0 aliphatic carbocycles. The van der Waals surface area contributed by atoms with Crippen LogP contribution in [0.4, 0.5) is 0 Å². The highest BCUT2D eigenvalue weighted by molar-refractivity contribution is 7.12. The molecule has 0 atom stereocenters. The van der Waals surface area contributed by atoms with E-state index in [0.717, 1.165) is 15.3 Å². The van der Waals surface area contributed by atoms with E-state index < -0.39 is 0 Å². The molecule has 1 aromatic rings. The lowest BCUT2D eigenvalue weighted by Gasteiger charge is -2.02. The van der Waals surface area contributed by atoms with Crippen LogP contribution in [0.25, 0.3) is 0 Å². The highest BCUT2D eigenvalue weighted by Crippen LogP contribution is 2.22. The predicted molar refractivity (Wildman–Crippen MR) is 76.7 cm³/mol. The van der Waals surface area contributed by atoms with Gasteiger partial charge in [-0.15, -0.1) is 23.7 Å². The summed E-state index contributed by atoms with van der Waals surface area (Å²) in [4.78, 5) is 25.3. The van der Waals surface area contributed by atoms with Gasteiger partial charge >= 0.3 is 0 Å². The van der Waals surface area contributed by atoms with Crippen molar-refractivity contribution in [1.82, 2.24) is 5.32 Å². The number of nitrogens with two attached hydrogens (primary N) is 1. The van der Waals surface area contributed by atoms with Crippen LogP contribution in [-0.2, 0) is 4.79 Å². The van der Waals surface area contributed by atoms with E-state index in [4.69, 9.17) is 5.73 Å². The molecule has 1 heterocycles. The first-order valence-electron chi connectivity index (χ1n) is 5.61. The van der Waals surface area contributed by atoms with Crippen LogP contribution in [0.3, 0.4) is 0 Å². The van der Waals surface area contributed by atoms with Crippen LogP contribution < -0.4 is 11.1 Å². The van der Waals surface area contributed by atoms with Gasteiger partial charge in [0.25, 0.3) is 0 Å². The molecule has 18 heavy (non-hydrogen) atoms. The van der Waals surface area contributed by atoms with Crippen LogP contribution in [0.5, 0.6) is 0 Å². The first kappa shape index (κ1) is 17.1. The Kier molecular flexibility index (Phi) is 7.82. The number of hydrogen-bond acceptors (Lipinski definition) is 4. The second-order valence-electron chi connectivity index (χ2n) is 3.89.